The Kier molecular flexibility index (Phi) is 2.90. The minimum Gasteiger partial charge on any atom is -0.266 e. The molecular formula is C8H4IN3OS. The van der Waals surface area contributed by atoms with Crippen LogP contribution in [0, 0.1) is 11.3 Å². The average Bonchev–Trinajstić information content (AvgIpc) is 2.62. The van der Waals surface area contributed by atoms with E-state index in [1.165, 1.54) is 12.2 Å². The van der Waals surface area contributed by atoms with Gasteiger partial charge >= 0.3 is 0 Å². The maximum Gasteiger partial charge on any atom is 0.129 e. The maximum atomic E-state index is 8.84. The SMILES string of the molecule is N#Cc1cncc2c1ccn2SOI. The Morgan fingerprint density at radius 2 is 2.43 bits per heavy atom. The highest BCUT2D eigenvalue weighted by atomic mass is 127. The van der Waals surface area contributed by atoms with Crippen molar-refractivity contribution in [1.82, 2.24) is 8.96 Å². The molecule has 2 aromatic heterocycles. The van der Waals surface area contributed by atoms with E-state index in [4.69, 9.17) is 7.77 Å². The van der Waals surface area contributed by atoms with Crippen LogP contribution in [-0.4, -0.2) is 8.96 Å². The molecule has 2 aromatic rings. The summed E-state index contributed by atoms with van der Waals surface area (Å²) in [6, 6.07) is 3.97. The van der Waals surface area contributed by atoms with Gasteiger partial charge in [-0.3, -0.25) is 8.96 Å². The van der Waals surface area contributed by atoms with Gasteiger partial charge in [0.15, 0.2) is 0 Å². The van der Waals surface area contributed by atoms with Crippen LogP contribution >= 0.6 is 35.2 Å². The predicted molar refractivity (Wildman–Crippen MR) is 62.5 cm³/mol. The lowest BCUT2D eigenvalue weighted by atomic mass is 10.2. The molecule has 0 atom stereocenters. The molecule has 0 radical (unpaired) electrons. The smallest absolute Gasteiger partial charge is 0.129 e. The molecule has 0 aliphatic carbocycles. The zero-order valence-corrected chi connectivity index (χ0v) is 9.82. The van der Waals surface area contributed by atoms with Crippen LogP contribution in [0.3, 0.4) is 0 Å². The molecule has 0 amide bonds. The second-order valence-electron chi connectivity index (χ2n) is 2.51. The third kappa shape index (κ3) is 1.58. The second kappa shape index (κ2) is 4.16. The minimum absolute atomic E-state index is 0.579. The van der Waals surface area contributed by atoms with E-state index in [9.17, 15) is 0 Å². The fourth-order valence-corrected chi connectivity index (χ4v) is 2.13. The van der Waals surface area contributed by atoms with Gasteiger partial charge in [-0.1, -0.05) is 0 Å². The van der Waals surface area contributed by atoms with E-state index in [1.807, 2.05) is 16.2 Å². The first-order chi connectivity index (χ1) is 6.86. The maximum absolute atomic E-state index is 8.84. The quantitative estimate of drug-likeness (QED) is 0.631. The van der Waals surface area contributed by atoms with Gasteiger partial charge in [0.1, 0.15) is 41.3 Å². The van der Waals surface area contributed by atoms with Gasteiger partial charge in [-0.15, -0.1) is 0 Å². The zero-order chi connectivity index (χ0) is 9.97. The summed E-state index contributed by atoms with van der Waals surface area (Å²) in [6.07, 6.45) is 5.11. The minimum atomic E-state index is 0.579. The molecule has 0 spiro atoms. The molecule has 70 valence electrons. The Labute approximate surface area is 98.9 Å². The summed E-state index contributed by atoms with van der Waals surface area (Å²) >= 11 is 2.98. The van der Waals surface area contributed by atoms with Crippen LogP contribution in [-0.2, 0) is 2.51 Å². The highest BCUT2D eigenvalue weighted by Gasteiger charge is 2.05. The molecule has 0 aromatic carbocycles. The Hall–Kier alpha value is -0.780. The molecule has 0 bridgehead atoms. The second-order valence-corrected chi connectivity index (χ2v) is 4.26. The number of pyridine rings is 1. The number of hydrogen-bond acceptors (Lipinski definition) is 4. The first kappa shape index (κ1) is 9.76. The van der Waals surface area contributed by atoms with Crippen molar-refractivity contribution in [3.63, 3.8) is 0 Å². The summed E-state index contributed by atoms with van der Waals surface area (Å²) in [6.45, 7) is 0. The normalized spacial score (nSPS) is 10.3. The van der Waals surface area contributed by atoms with Gasteiger partial charge in [-0.2, -0.15) is 5.26 Å². The fraction of sp³-hybridized carbons (Fsp3) is 0. The summed E-state index contributed by atoms with van der Waals surface area (Å²) in [5.74, 6) is 0. The molecule has 0 N–H and O–H groups in total. The van der Waals surface area contributed by atoms with Crippen LogP contribution in [0.5, 0.6) is 0 Å². The van der Waals surface area contributed by atoms with Gasteiger partial charge in [0, 0.05) is 17.8 Å². The summed E-state index contributed by atoms with van der Waals surface area (Å²) in [7, 11) is 0. The van der Waals surface area contributed by atoms with Crippen molar-refractivity contribution < 1.29 is 2.51 Å². The summed E-state index contributed by atoms with van der Waals surface area (Å²) in [4.78, 5) is 3.98. The molecule has 6 heteroatoms. The number of hydrogen-bond donors (Lipinski definition) is 0. The van der Waals surface area contributed by atoms with E-state index in [1.54, 1.807) is 35.4 Å². The highest BCUT2D eigenvalue weighted by molar-refractivity contribution is 14.1. The largest absolute Gasteiger partial charge is 0.266 e. The first-order valence-electron chi connectivity index (χ1n) is 3.67. The van der Waals surface area contributed by atoms with Crippen molar-refractivity contribution in [3.8, 4) is 6.07 Å². The number of fused-ring (bicyclic) bond motifs is 1. The van der Waals surface area contributed by atoms with E-state index >= 15 is 0 Å². The summed E-state index contributed by atoms with van der Waals surface area (Å²) in [5, 5.41) is 9.73. The van der Waals surface area contributed by atoms with Crippen LogP contribution in [0.15, 0.2) is 24.7 Å². The van der Waals surface area contributed by atoms with Crippen LogP contribution < -0.4 is 0 Å². The van der Waals surface area contributed by atoms with Gasteiger partial charge in [0.25, 0.3) is 0 Å². The number of rotatable bonds is 2. The van der Waals surface area contributed by atoms with Gasteiger partial charge in [-0.05, 0) is 6.07 Å². The van der Waals surface area contributed by atoms with Crippen LogP contribution in [0.1, 0.15) is 5.56 Å². The van der Waals surface area contributed by atoms with Crippen molar-refractivity contribution in [3.05, 3.63) is 30.2 Å². The van der Waals surface area contributed by atoms with Crippen LogP contribution in [0.25, 0.3) is 10.9 Å². The first-order valence-corrected chi connectivity index (χ1v) is 5.25. The van der Waals surface area contributed by atoms with Crippen molar-refractivity contribution in [2.24, 2.45) is 0 Å². The third-order valence-corrected chi connectivity index (χ3v) is 2.83. The summed E-state index contributed by atoms with van der Waals surface area (Å²) < 4.78 is 6.72. The van der Waals surface area contributed by atoms with Gasteiger partial charge in [0.2, 0.25) is 0 Å². The molecule has 0 aliphatic rings. The fourth-order valence-electron chi connectivity index (χ4n) is 1.22. The molecule has 0 saturated heterocycles. The predicted octanol–water partition coefficient (Wildman–Crippen LogP) is 2.69. The molecule has 0 saturated carbocycles. The lowest BCUT2D eigenvalue weighted by Gasteiger charge is -1.98. The zero-order valence-electron chi connectivity index (χ0n) is 6.85. The molecule has 0 unspecified atom stereocenters. The average molecular weight is 317 g/mol. The molecule has 14 heavy (non-hydrogen) atoms. The number of aromatic nitrogens is 2. The Balaban J connectivity index is 2.65. The number of halogens is 1. The van der Waals surface area contributed by atoms with Crippen molar-refractivity contribution >= 4 is 46.1 Å². The van der Waals surface area contributed by atoms with Gasteiger partial charge < -0.3 is 0 Å². The Bertz CT molecular complexity index is 505. The summed E-state index contributed by atoms with van der Waals surface area (Å²) in [5.41, 5.74) is 1.46. The van der Waals surface area contributed by atoms with E-state index in [2.05, 4.69) is 11.1 Å². The van der Waals surface area contributed by atoms with Crippen LogP contribution in [0.2, 0.25) is 0 Å². The molecular weight excluding hydrogens is 313 g/mol. The van der Waals surface area contributed by atoms with E-state index in [0.29, 0.717) is 5.56 Å². The van der Waals surface area contributed by atoms with E-state index in [-0.39, 0.29) is 0 Å². The third-order valence-electron chi connectivity index (χ3n) is 1.81. The Morgan fingerprint density at radius 1 is 1.57 bits per heavy atom. The van der Waals surface area contributed by atoms with Crippen molar-refractivity contribution in [1.29, 1.82) is 5.26 Å². The molecule has 0 aliphatic heterocycles. The van der Waals surface area contributed by atoms with E-state index < -0.39 is 0 Å². The number of nitrogens with zero attached hydrogens (tertiary/aromatic N) is 3. The monoisotopic (exact) mass is 317 g/mol. The molecule has 4 nitrogen and oxygen atoms in total. The van der Waals surface area contributed by atoms with Crippen LogP contribution in [0.4, 0.5) is 0 Å². The number of nitriles is 1. The molecule has 0 fully saturated rings. The van der Waals surface area contributed by atoms with Gasteiger partial charge in [-0.25, -0.2) is 2.51 Å². The molecule has 2 rings (SSSR count). The van der Waals surface area contributed by atoms with E-state index in [0.717, 1.165) is 10.9 Å². The standard InChI is InChI=1S/C8H4IN3OS/c9-13-14-12-2-1-7-6(3-10)4-11-5-8(7)12/h1-2,4-5H. The molecule has 2 heterocycles. The lowest BCUT2D eigenvalue weighted by molar-refractivity contribution is 0.831. The van der Waals surface area contributed by atoms with Gasteiger partial charge in [0.05, 0.1) is 17.3 Å². The van der Waals surface area contributed by atoms with Crippen molar-refractivity contribution in [2.45, 2.75) is 0 Å². The topological polar surface area (TPSA) is 50.8 Å². The lowest BCUT2D eigenvalue weighted by Crippen LogP contribution is -1.85. The Morgan fingerprint density at radius 3 is 3.14 bits per heavy atom. The highest BCUT2D eigenvalue weighted by Crippen LogP contribution is 2.23. The van der Waals surface area contributed by atoms with Crippen molar-refractivity contribution in [2.75, 3.05) is 0 Å².